The maximum absolute atomic E-state index is 11.6. The Balaban J connectivity index is 1.97. The van der Waals surface area contributed by atoms with E-state index >= 15 is 0 Å². The lowest BCUT2D eigenvalue weighted by Crippen LogP contribution is -2.30. The van der Waals surface area contributed by atoms with Crippen LogP contribution in [-0.4, -0.2) is 5.97 Å². The summed E-state index contributed by atoms with van der Waals surface area (Å²) in [5.41, 5.74) is 2.32. The molecular formula is C17H16O2. The van der Waals surface area contributed by atoms with Gasteiger partial charge in [0.15, 0.2) is 0 Å². The fourth-order valence-electron chi connectivity index (χ4n) is 3.71. The van der Waals surface area contributed by atoms with E-state index < -0.39 is 0 Å². The molecule has 1 spiro atoms. The van der Waals surface area contributed by atoms with Gasteiger partial charge in [0.2, 0.25) is 0 Å². The van der Waals surface area contributed by atoms with Crippen LogP contribution in [0.5, 0.6) is 0 Å². The third-order valence-electron chi connectivity index (χ3n) is 4.58. The highest BCUT2D eigenvalue weighted by Gasteiger charge is 2.44. The van der Waals surface area contributed by atoms with E-state index in [0.717, 1.165) is 25.7 Å². The van der Waals surface area contributed by atoms with Gasteiger partial charge in [0.1, 0.15) is 5.60 Å². The average Bonchev–Trinajstić information content (AvgIpc) is 2.81. The van der Waals surface area contributed by atoms with Crippen LogP contribution in [0.3, 0.4) is 0 Å². The Bertz CT molecular complexity index is 674. The summed E-state index contributed by atoms with van der Waals surface area (Å²) in [4.78, 5) is 11.6. The number of carbonyl (C=O) groups is 1. The van der Waals surface area contributed by atoms with Crippen LogP contribution in [0.1, 0.15) is 36.8 Å². The topological polar surface area (TPSA) is 26.3 Å². The van der Waals surface area contributed by atoms with Gasteiger partial charge in [0.25, 0.3) is 0 Å². The SMILES string of the molecule is O=C1CCC2(CCCc3c2ccc2ccccc32)O1. The van der Waals surface area contributed by atoms with Crippen molar-refractivity contribution in [3.63, 3.8) is 0 Å². The minimum absolute atomic E-state index is 0.0407. The van der Waals surface area contributed by atoms with Crippen LogP contribution in [-0.2, 0) is 21.6 Å². The number of carbonyl (C=O) groups excluding carboxylic acids is 1. The van der Waals surface area contributed by atoms with Gasteiger partial charge in [0, 0.05) is 12.8 Å². The number of rotatable bonds is 0. The lowest BCUT2D eigenvalue weighted by molar-refractivity contribution is -0.150. The zero-order valence-corrected chi connectivity index (χ0v) is 10.8. The van der Waals surface area contributed by atoms with E-state index in [0.29, 0.717) is 6.42 Å². The zero-order chi connectivity index (χ0) is 12.9. The van der Waals surface area contributed by atoms with Gasteiger partial charge in [-0.2, -0.15) is 0 Å². The van der Waals surface area contributed by atoms with Crippen LogP contribution in [0, 0.1) is 0 Å². The normalized spacial score (nSPS) is 25.6. The standard InChI is InChI=1S/C17H16O2/c18-16-9-11-17(19-16)10-3-6-14-13-5-2-1-4-12(13)7-8-15(14)17/h1-2,4-5,7-8H,3,6,9-11H2. The Hall–Kier alpha value is -1.83. The van der Waals surface area contributed by atoms with Crippen molar-refractivity contribution < 1.29 is 9.53 Å². The number of ether oxygens (including phenoxy) is 1. The number of hydrogen-bond acceptors (Lipinski definition) is 2. The first-order valence-electron chi connectivity index (χ1n) is 7.01. The minimum Gasteiger partial charge on any atom is -0.454 e. The van der Waals surface area contributed by atoms with Crippen molar-refractivity contribution in [3.8, 4) is 0 Å². The van der Waals surface area contributed by atoms with Crippen LogP contribution in [0.15, 0.2) is 36.4 Å². The second kappa shape index (κ2) is 3.83. The highest BCUT2D eigenvalue weighted by molar-refractivity contribution is 5.87. The van der Waals surface area contributed by atoms with Crippen molar-refractivity contribution >= 4 is 16.7 Å². The number of fused-ring (bicyclic) bond motifs is 4. The maximum Gasteiger partial charge on any atom is 0.306 e. The first kappa shape index (κ1) is 11.0. The van der Waals surface area contributed by atoms with Gasteiger partial charge >= 0.3 is 5.97 Å². The molecule has 0 bridgehead atoms. The first-order valence-corrected chi connectivity index (χ1v) is 7.01. The summed E-state index contributed by atoms with van der Waals surface area (Å²) in [5, 5.41) is 2.60. The monoisotopic (exact) mass is 252 g/mol. The first-order chi connectivity index (χ1) is 9.28. The summed E-state index contributed by atoms with van der Waals surface area (Å²) >= 11 is 0. The largest absolute Gasteiger partial charge is 0.454 e. The smallest absolute Gasteiger partial charge is 0.306 e. The molecule has 2 aliphatic rings. The highest BCUT2D eigenvalue weighted by atomic mass is 16.6. The maximum atomic E-state index is 11.6. The van der Waals surface area contributed by atoms with Crippen molar-refractivity contribution in [1.82, 2.24) is 0 Å². The van der Waals surface area contributed by atoms with E-state index in [2.05, 4.69) is 36.4 Å². The summed E-state index contributed by atoms with van der Waals surface area (Å²) in [7, 11) is 0. The molecule has 1 fully saturated rings. The lowest BCUT2D eigenvalue weighted by Gasteiger charge is -2.35. The third kappa shape index (κ3) is 1.52. The quantitative estimate of drug-likeness (QED) is 0.668. The van der Waals surface area contributed by atoms with Gasteiger partial charge in [-0.05, 0) is 41.2 Å². The molecule has 2 nitrogen and oxygen atoms in total. The molecule has 0 aromatic heterocycles. The molecule has 1 unspecified atom stereocenters. The molecule has 4 rings (SSSR count). The summed E-state index contributed by atoms with van der Waals surface area (Å²) in [6, 6.07) is 12.8. The summed E-state index contributed by atoms with van der Waals surface area (Å²) in [6.45, 7) is 0. The highest BCUT2D eigenvalue weighted by Crippen LogP contribution is 2.47. The molecule has 2 heteroatoms. The van der Waals surface area contributed by atoms with Gasteiger partial charge in [-0.25, -0.2) is 0 Å². The van der Waals surface area contributed by atoms with Crippen molar-refractivity contribution in [2.45, 2.75) is 37.7 Å². The predicted octanol–water partition coefficient (Wildman–Crippen LogP) is 3.71. The van der Waals surface area contributed by atoms with Crippen molar-refractivity contribution in [1.29, 1.82) is 0 Å². The molecular weight excluding hydrogens is 236 g/mol. The van der Waals surface area contributed by atoms with Crippen molar-refractivity contribution in [2.24, 2.45) is 0 Å². The van der Waals surface area contributed by atoms with Gasteiger partial charge in [-0.3, -0.25) is 4.79 Å². The number of esters is 1. The van der Waals surface area contributed by atoms with Gasteiger partial charge in [-0.15, -0.1) is 0 Å². The van der Waals surface area contributed by atoms with E-state index in [-0.39, 0.29) is 11.6 Å². The molecule has 1 saturated heterocycles. The summed E-state index contributed by atoms with van der Waals surface area (Å²) in [5.74, 6) is -0.0407. The fraction of sp³-hybridized carbons (Fsp3) is 0.353. The van der Waals surface area contributed by atoms with E-state index in [9.17, 15) is 4.79 Å². The van der Waals surface area contributed by atoms with E-state index in [1.54, 1.807) is 0 Å². The molecule has 1 heterocycles. The third-order valence-corrected chi connectivity index (χ3v) is 4.58. The van der Waals surface area contributed by atoms with Crippen molar-refractivity contribution in [3.05, 3.63) is 47.5 Å². The number of aryl methyl sites for hydroxylation is 1. The van der Waals surface area contributed by atoms with E-state index in [4.69, 9.17) is 4.74 Å². The fourth-order valence-corrected chi connectivity index (χ4v) is 3.71. The molecule has 1 aliphatic heterocycles. The average molecular weight is 252 g/mol. The van der Waals surface area contributed by atoms with E-state index in [1.807, 2.05) is 0 Å². The molecule has 2 aromatic carbocycles. The van der Waals surface area contributed by atoms with Crippen LogP contribution in [0.2, 0.25) is 0 Å². The Labute approximate surface area is 112 Å². The number of benzene rings is 2. The second-order valence-electron chi connectivity index (χ2n) is 5.63. The summed E-state index contributed by atoms with van der Waals surface area (Å²) < 4.78 is 5.73. The molecule has 96 valence electrons. The van der Waals surface area contributed by atoms with Gasteiger partial charge < -0.3 is 4.74 Å². The molecule has 2 aromatic rings. The summed E-state index contributed by atoms with van der Waals surface area (Å²) in [6.07, 6.45) is 4.58. The molecule has 0 saturated carbocycles. The number of hydrogen-bond donors (Lipinski definition) is 0. The minimum atomic E-state index is -0.325. The zero-order valence-electron chi connectivity index (χ0n) is 10.8. The molecule has 0 radical (unpaired) electrons. The predicted molar refractivity (Wildman–Crippen MR) is 73.9 cm³/mol. The van der Waals surface area contributed by atoms with E-state index in [1.165, 1.54) is 21.9 Å². The molecule has 0 N–H and O–H groups in total. The molecule has 1 aliphatic carbocycles. The lowest BCUT2D eigenvalue weighted by atomic mass is 9.76. The Morgan fingerprint density at radius 2 is 1.89 bits per heavy atom. The van der Waals surface area contributed by atoms with Crippen LogP contribution in [0.4, 0.5) is 0 Å². The van der Waals surface area contributed by atoms with Crippen LogP contribution >= 0.6 is 0 Å². The Morgan fingerprint density at radius 3 is 2.74 bits per heavy atom. The van der Waals surface area contributed by atoms with Crippen LogP contribution in [0.25, 0.3) is 10.8 Å². The van der Waals surface area contributed by atoms with Crippen LogP contribution < -0.4 is 0 Å². The molecule has 0 amide bonds. The Morgan fingerprint density at radius 1 is 1.00 bits per heavy atom. The Kier molecular flexibility index (Phi) is 2.22. The second-order valence-corrected chi connectivity index (χ2v) is 5.63. The van der Waals surface area contributed by atoms with Crippen molar-refractivity contribution in [2.75, 3.05) is 0 Å². The van der Waals surface area contributed by atoms with Gasteiger partial charge in [0.05, 0.1) is 0 Å². The molecule has 19 heavy (non-hydrogen) atoms. The molecule has 1 atom stereocenters. The van der Waals surface area contributed by atoms with Gasteiger partial charge in [-0.1, -0.05) is 36.4 Å².